The van der Waals surface area contributed by atoms with Crippen LogP contribution in [0.1, 0.15) is 6.92 Å². The molecule has 89 heavy (non-hydrogen) atoms. The lowest BCUT2D eigenvalue weighted by Gasteiger charge is -2.53. The maximum absolute atomic E-state index is 11.7. The smallest absolute Gasteiger partial charge is 0.187 e. The normalized spacial score (nSPS) is 55.7. The summed E-state index contributed by atoms with van der Waals surface area (Å²) in [7, 11) is 0. The van der Waals surface area contributed by atoms with Crippen LogP contribution in [-0.2, 0) is 75.8 Å². The summed E-state index contributed by atoms with van der Waals surface area (Å²) in [6.07, 6.45) is -80.4. The van der Waals surface area contributed by atoms with Crippen LogP contribution in [0, 0.1) is 0 Å². The SMILES string of the molecule is CC12OC3OC(CO)C(OC4OC(CO)C(OC5OC(CO)C(OC6OC(CO)C(OC7OC(CO)C(OC8OC(CO)C(OC9OC(CO)C(OC(OC1CO)C(O)C2O)C(O)C9O)C(O)C8O)C(O)C7O)C(O)C6O)C(O)C5O)C(O)C4O)C(O)C3O. The second-order valence-electron chi connectivity index (χ2n) is 23.1. The highest BCUT2D eigenvalue weighted by Crippen LogP contribution is 2.42. The molecule has 40 heteroatoms. The summed E-state index contributed by atoms with van der Waals surface area (Å²) in [6, 6.07) is 0. The summed E-state index contributed by atoms with van der Waals surface area (Å²) in [5.41, 5.74) is -2.39. The third-order valence-electron chi connectivity index (χ3n) is 17.4. The highest BCUT2D eigenvalue weighted by Gasteiger charge is 2.62. The lowest BCUT2D eigenvalue weighted by atomic mass is 9.85. The van der Waals surface area contributed by atoms with E-state index in [9.17, 15) is 123 Å². The van der Waals surface area contributed by atoms with Gasteiger partial charge in [-0.15, -0.1) is 0 Å². The molecule has 0 aromatic carbocycles. The van der Waals surface area contributed by atoms with Gasteiger partial charge in [-0.3, -0.25) is 0 Å². The first-order chi connectivity index (χ1) is 42.2. The number of hydrogen-bond donors (Lipinski definition) is 24. The molecule has 518 valence electrons. The van der Waals surface area contributed by atoms with Crippen molar-refractivity contribution >= 4 is 0 Å². The van der Waals surface area contributed by atoms with Crippen molar-refractivity contribution in [2.75, 3.05) is 52.9 Å². The van der Waals surface area contributed by atoms with Gasteiger partial charge < -0.3 is 198 Å². The average molecular weight is 1310 g/mol. The second-order valence-corrected chi connectivity index (χ2v) is 23.1. The molecule has 0 aliphatic carbocycles. The number of rotatable bonds is 8. The van der Waals surface area contributed by atoms with E-state index in [4.69, 9.17) is 75.8 Å². The van der Waals surface area contributed by atoms with E-state index >= 15 is 0 Å². The topological polar surface area (TPSA) is 633 Å². The first-order valence-electron chi connectivity index (χ1n) is 28.5. The fourth-order valence-corrected chi connectivity index (χ4v) is 12.2. The predicted molar refractivity (Wildman–Crippen MR) is 266 cm³/mol. The summed E-state index contributed by atoms with van der Waals surface area (Å²) in [6.45, 7) is -7.64. The number of aliphatic hydroxyl groups excluding tert-OH is 24. The van der Waals surface area contributed by atoms with Crippen molar-refractivity contribution in [3.8, 4) is 0 Å². The van der Waals surface area contributed by atoms with Crippen molar-refractivity contribution in [1.29, 1.82) is 0 Å². The van der Waals surface area contributed by atoms with Gasteiger partial charge in [0.15, 0.2) is 50.3 Å². The van der Waals surface area contributed by atoms with Gasteiger partial charge in [-0.2, -0.15) is 0 Å². The van der Waals surface area contributed by atoms with Crippen LogP contribution >= 0.6 is 0 Å². The van der Waals surface area contributed by atoms with Crippen LogP contribution in [0.15, 0.2) is 0 Å². The molecule has 0 radical (unpaired) electrons. The van der Waals surface area contributed by atoms with Gasteiger partial charge in [-0.1, -0.05) is 0 Å². The summed E-state index contributed by atoms with van der Waals surface area (Å²) >= 11 is 0. The van der Waals surface area contributed by atoms with Crippen LogP contribution in [0.3, 0.4) is 0 Å². The quantitative estimate of drug-likeness (QED) is 0.107. The minimum Gasteiger partial charge on any atom is -0.394 e. The Bertz CT molecular complexity index is 2190. The maximum atomic E-state index is 11.7. The van der Waals surface area contributed by atoms with E-state index in [1.165, 1.54) is 0 Å². The third kappa shape index (κ3) is 13.8. The van der Waals surface area contributed by atoms with Crippen molar-refractivity contribution in [2.45, 2.75) is 252 Å². The molecule has 0 spiro atoms. The van der Waals surface area contributed by atoms with Gasteiger partial charge in [0.1, 0.15) is 195 Å². The summed E-state index contributed by atoms with van der Waals surface area (Å²) < 4.78 is 91.6. The zero-order chi connectivity index (χ0) is 65.0. The van der Waals surface area contributed by atoms with E-state index in [0.717, 1.165) is 6.92 Å². The van der Waals surface area contributed by atoms with Gasteiger partial charge in [0, 0.05) is 0 Å². The number of hydrogen-bond acceptors (Lipinski definition) is 40. The van der Waals surface area contributed by atoms with Gasteiger partial charge in [0.2, 0.25) is 0 Å². The Morgan fingerprint density at radius 3 is 0.584 bits per heavy atom. The molecule has 16 bridgehead atoms. The van der Waals surface area contributed by atoms with Crippen LogP contribution in [0.4, 0.5) is 0 Å². The van der Waals surface area contributed by atoms with E-state index in [0.29, 0.717) is 0 Å². The van der Waals surface area contributed by atoms with Crippen molar-refractivity contribution in [3.63, 3.8) is 0 Å². The van der Waals surface area contributed by atoms with Gasteiger partial charge in [-0.25, -0.2) is 0 Å². The molecule has 0 aromatic rings. The molecule has 0 saturated carbocycles. The molecule has 40 unspecified atom stereocenters. The van der Waals surface area contributed by atoms with E-state index in [1.807, 2.05) is 0 Å². The molecule has 24 N–H and O–H groups in total. The molecule has 21 rings (SSSR count). The molecule has 40 nitrogen and oxygen atoms in total. The molecule has 21 fully saturated rings. The molecular weight excluding hydrogens is 1230 g/mol. The minimum absolute atomic E-state index is 1.04. The van der Waals surface area contributed by atoms with Crippen LogP contribution in [0.2, 0.25) is 0 Å². The van der Waals surface area contributed by atoms with Crippen molar-refractivity contribution in [3.05, 3.63) is 0 Å². The first-order valence-corrected chi connectivity index (χ1v) is 28.5. The zero-order valence-electron chi connectivity index (χ0n) is 46.9. The van der Waals surface area contributed by atoms with Gasteiger partial charge in [0.25, 0.3) is 0 Å². The largest absolute Gasteiger partial charge is 0.394 e. The fraction of sp³-hybridized carbons (Fsp3) is 1.00. The maximum Gasteiger partial charge on any atom is 0.187 e. The van der Waals surface area contributed by atoms with Crippen LogP contribution in [0.25, 0.3) is 0 Å². The Labute approximate surface area is 502 Å². The average Bonchev–Trinajstić information content (AvgIpc) is 0.900. The van der Waals surface area contributed by atoms with Crippen molar-refractivity contribution in [2.24, 2.45) is 0 Å². The Balaban J connectivity index is 0.984. The standard InChI is InChI=1S/C49H82O40/c1-49-17(9-57)81-47(32(72)40(49)73)88-38-15(7-55)79-45(30(70)23(38)63)86-36-13(5-53)77-43(28(68)21(36)61)84-34-11(3-51)75-41(26(66)19(34)59)82-33-10(2-50)74-42(25(65)18(33)58)83-35-12(4-52)76-44(27(67)20(35)60)85-37-14(6-54)78-46(29(69)22(37)62)87-39-16(8-56)80-48(89-49)31(71)24(39)64/h10-48,50-73H,2-9H2,1H3. The highest BCUT2D eigenvalue weighted by atomic mass is 16.8. The Kier molecular flexibility index (Phi) is 24.0. The molecule has 40 atom stereocenters. The van der Waals surface area contributed by atoms with Crippen LogP contribution in [0.5, 0.6) is 0 Å². The highest BCUT2D eigenvalue weighted by molar-refractivity contribution is 5.05. The molecule has 0 aromatic heterocycles. The van der Waals surface area contributed by atoms with Crippen molar-refractivity contribution < 1.29 is 198 Å². The van der Waals surface area contributed by atoms with E-state index < -0.39 is 298 Å². The number of aliphatic hydroxyl groups is 24. The monoisotopic (exact) mass is 1310 g/mol. The van der Waals surface area contributed by atoms with Gasteiger partial charge in [0.05, 0.1) is 52.9 Å². The molecule has 21 aliphatic rings. The Morgan fingerprint density at radius 1 is 0.213 bits per heavy atom. The Morgan fingerprint density at radius 2 is 0.393 bits per heavy atom. The van der Waals surface area contributed by atoms with E-state index in [1.54, 1.807) is 0 Å². The molecular formula is C49H82O40. The molecule has 21 saturated heterocycles. The van der Waals surface area contributed by atoms with Crippen LogP contribution < -0.4 is 0 Å². The van der Waals surface area contributed by atoms with Crippen LogP contribution in [-0.4, -0.2) is 421 Å². The summed E-state index contributed by atoms with van der Waals surface area (Å²) in [4.78, 5) is 0. The lowest BCUT2D eigenvalue weighted by molar-refractivity contribution is -0.413. The van der Waals surface area contributed by atoms with E-state index in [2.05, 4.69) is 0 Å². The third-order valence-corrected chi connectivity index (χ3v) is 17.4. The molecule has 21 heterocycles. The summed E-state index contributed by atoms with van der Waals surface area (Å²) in [5.74, 6) is 0. The fourth-order valence-electron chi connectivity index (χ4n) is 12.2. The molecule has 0 amide bonds. The van der Waals surface area contributed by atoms with E-state index in [-0.39, 0.29) is 0 Å². The van der Waals surface area contributed by atoms with Gasteiger partial charge in [-0.05, 0) is 6.92 Å². The Hall–Kier alpha value is -1.60. The second kappa shape index (κ2) is 29.8. The number of ether oxygens (including phenoxy) is 16. The zero-order valence-corrected chi connectivity index (χ0v) is 46.9. The lowest BCUT2D eigenvalue weighted by Crippen LogP contribution is -2.71. The molecule has 21 aliphatic heterocycles. The predicted octanol–water partition coefficient (Wildman–Crippen LogP) is -17.0. The van der Waals surface area contributed by atoms with Gasteiger partial charge >= 0.3 is 0 Å². The minimum atomic E-state index is -2.39. The first kappa shape index (κ1) is 71.7. The van der Waals surface area contributed by atoms with Crippen molar-refractivity contribution in [1.82, 2.24) is 0 Å². The summed E-state index contributed by atoms with van der Waals surface area (Å²) in [5, 5.41) is 266.